The van der Waals surface area contributed by atoms with E-state index in [2.05, 4.69) is 15.6 Å². The maximum Gasteiger partial charge on any atom is 0.227 e. The molecule has 0 aliphatic carbocycles. The van der Waals surface area contributed by atoms with E-state index in [9.17, 15) is 13.2 Å². The van der Waals surface area contributed by atoms with Crippen molar-refractivity contribution in [3.05, 3.63) is 29.8 Å². The summed E-state index contributed by atoms with van der Waals surface area (Å²) in [6.45, 7) is 5.89. The molecule has 0 bridgehead atoms. The average molecular weight is 508 g/mol. The molecule has 0 spiro atoms. The van der Waals surface area contributed by atoms with Crippen molar-refractivity contribution in [2.24, 2.45) is 4.99 Å². The summed E-state index contributed by atoms with van der Waals surface area (Å²) < 4.78 is 23.1. The summed E-state index contributed by atoms with van der Waals surface area (Å²) in [5, 5.41) is 6.16. The summed E-state index contributed by atoms with van der Waals surface area (Å²) in [5.74, 6) is 1.01. The molecule has 1 saturated heterocycles. The van der Waals surface area contributed by atoms with Gasteiger partial charge in [-0.05, 0) is 31.0 Å². The third-order valence-corrected chi connectivity index (χ3v) is 5.94. The first-order valence-electron chi connectivity index (χ1n) is 9.07. The van der Waals surface area contributed by atoms with Crippen LogP contribution in [0.5, 0.6) is 0 Å². The van der Waals surface area contributed by atoms with Crippen molar-refractivity contribution in [3.63, 3.8) is 0 Å². The zero-order valence-corrected chi connectivity index (χ0v) is 19.0. The number of carbonyl (C=O) groups is 1. The van der Waals surface area contributed by atoms with Gasteiger partial charge in [-0.25, -0.2) is 13.4 Å². The maximum atomic E-state index is 11.8. The molecule has 0 atom stereocenters. The number of benzene rings is 1. The first-order chi connectivity index (χ1) is 12.4. The molecule has 152 valence electrons. The number of guanidine groups is 1. The van der Waals surface area contributed by atoms with E-state index in [1.165, 1.54) is 0 Å². The van der Waals surface area contributed by atoms with Crippen molar-refractivity contribution in [1.29, 1.82) is 0 Å². The fourth-order valence-electron chi connectivity index (χ4n) is 2.68. The molecule has 2 rings (SSSR count). The standard InChI is InChI=1S/C18H28N4O3S.HI/c1-3-19-18(20-11-13-26(24,25)4-2)21-14-15-7-9-16(10-8-15)22-12-5-6-17(22)23;/h7-10H,3-6,11-14H2,1-2H3,(H2,19,20,21);1H. The molecule has 1 aliphatic rings. The lowest BCUT2D eigenvalue weighted by atomic mass is 10.2. The number of nitrogens with zero attached hydrogens (tertiary/aromatic N) is 2. The topological polar surface area (TPSA) is 90.9 Å². The molecule has 1 aromatic rings. The molecule has 9 heteroatoms. The third kappa shape index (κ3) is 7.65. The van der Waals surface area contributed by atoms with Gasteiger partial charge in [0.25, 0.3) is 0 Å². The van der Waals surface area contributed by atoms with Crippen LogP contribution in [0.3, 0.4) is 0 Å². The first-order valence-corrected chi connectivity index (χ1v) is 10.9. The molecule has 1 aromatic carbocycles. The lowest BCUT2D eigenvalue weighted by Gasteiger charge is -2.16. The van der Waals surface area contributed by atoms with Crippen LogP contribution in [0.15, 0.2) is 29.3 Å². The van der Waals surface area contributed by atoms with Crippen LogP contribution in [-0.4, -0.2) is 51.4 Å². The highest BCUT2D eigenvalue weighted by molar-refractivity contribution is 14.0. The van der Waals surface area contributed by atoms with Crippen LogP contribution in [0.25, 0.3) is 0 Å². The molecule has 1 amide bonds. The highest BCUT2D eigenvalue weighted by atomic mass is 127. The Kier molecular flexibility index (Phi) is 10.1. The maximum absolute atomic E-state index is 11.8. The van der Waals surface area contributed by atoms with Gasteiger partial charge in [0.15, 0.2) is 15.8 Å². The molecule has 27 heavy (non-hydrogen) atoms. The van der Waals surface area contributed by atoms with Crippen molar-refractivity contribution in [3.8, 4) is 0 Å². The minimum Gasteiger partial charge on any atom is -0.357 e. The molecule has 0 unspecified atom stereocenters. The van der Waals surface area contributed by atoms with Crippen molar-refractivity contribution in [1.82, 2.24) is 10.6 Å². The van der Waals surface area contributed by atoms with Crippen molar-refractivity contribution in [2.45, 2.75) is 33.2 Å². The smallest absolute Gasteiger partial charge is 0.227 e. The van der Waals surface area contributed by atoms with E-state index < -0.39 is 9.84 Å². The molecule has 0 radical (unpaired) electrons. The summed E-state index contributed by atoms with van der Waals surface area (Å²) in [6.07, 6.45) is 1.54. The van der Waals surface area contributed by atoms with Crippen molar-refractivity contribution >= 4 is 51.4 Å². The van der Waals surface area contributed by atoms with Crippen LogP contribution in [0.2, 0.25) is 0 Å². The quantitative estimate of drug-likeness (QED) is 0.318. The molecular formula is C18H29IN4O3S. The van der Waals surface area contributed by atoms with Crippen LogP contribution >= 0.6 is 24.0 Å². The molecule has 0 aromatic heterocycles. The number of hydrogen-bond acceptors (Lipinski definition) is 4. The lowest BCUT2D eigenvalue weighted by Crippen LogP contribution is -2.39. The number of amides is 1. The molecule has 1 fully saturated rings. The zero-order valence-electron chi connectivity index (χ0n) is 15.9. The second kappa shape index (κ2) is 11.5. The van der Waals surface area contributed by atoms with Crippen LogP contribution in [-0.2, 0) is 21.2 Å². The van der Waals surface area contributed by atoms with Crippen molar-refractivity contribution < 1.29 is 13.2 Å². The SMILES string of the molecule is CCNC(=NCc1ccc(N2CCCC2=O)cc1)NCCS(=O)(=O)CC.I. The van der Waals surface area contributed by atoms with E-state index in [0.717, 1.165) is 24.2 Å². The second-order valence-electron chi connectivity index (χ2n) is 6.17. The number of aliphatic imine (C=N–C) groups is 1. The largest absolute Gasteiger partial charge is 0.357 e. The number of nitrogens with one attached hydrogen (secondary N) is 2. The Morgan fingerprint density at radius 3 is 2.44 bits per heavy atom. The minimum atomic E-state index is -2.99. The van der Waals surface area contributed by atoms with Gasteiger partial charge in [0, 0.05) is 37.5 Å². The van der Waals surface area contributed by atoms with E-state index in [1.54, 1.807) is 6.92 Å². The van der Waals surface area contributed by atoms with Gasteiger partial charge in [0.05, 0.1) is 12.3 Å². The van der Waals surface area contributed by atoms with Crippen LogP contribution < -0.4 is 15.5 Å². The summed E-state index contributed by atoms with van der Waals surface area (Å²) in [7, 11) is -2.99. The fourth-order valence-corrected chi connectivity index (χ4v) is 3.39. The predicted octanol–water partition coefficient (Wildman–Crippen LogP) is 1.92. The lowest BCUT2D eigenvalue weighted by molar-refractivity contribution is -0.117. The molecule has 2 N–H and O–H groups in total. The van der Waals surface area contributed by atoms with Gasteiger partial charge < -0.3 is 15.5 Å². The Morgan fingerprint density at radius 1 is 1.19 bits per heavy atom. The Bertz CT molecular complexity index is 735. The van der Waals surface area contributed by atoms with Crippen LogP contribution in [0, 0.1) is 0 Å². The highest BCUT2D eigenvalue weighted by Crippen LogP contribution is 2.21. The van der Waals surface area contributed by atoms with Gasteiger partial charge in [-0.2, -0.15) is 0 Å². The number of halogens is 1. The van der Waals surface area contributed by atoms with Gasteiger partial charge in [-0.15, -0.1) is 24.0 Å². The Hall–Kier alpha value is -1.36. The van der Waals surface area contributed by atoms with Crippen LogP contribution in [0.1, 0.15) is 32.3 Å². The van der Waals surface area contributed by atoms with Crippen molar-refractivity contribution in [2.75, 3.05) is 36.0 Å². The van der Waals surface area contributed by atoms with E-state index in [1.807, 2.05) is 36.1 Å². The summed E-state index contributed by atoms with van der Waals surface area (Å²) >= 11 is 0. The molecule has 1 heterocycles. The Balaban J connectivity index is 0.00000364. The fraction of sp³-hybridized carbons (Fsp3) is 0.556. The van der Waals surface area contributed by atoms with Gasteiger partial charge in [-0.1, -0.05) is 19.1 Å². The van der Waals surface area contributed by atoms with Gasteiger partial charge in [0.1, 0.15) is 0 Å². The number of carbonyl (C=O) groups excluding carboxylic acids is 1. The summed E-state index contributed by atoms with van der Waals surface area (Å²) in [5.41, 5.74) is 1.95. The summed E-state index contributed by atoms with van der Waals surface area (Å²) in [6, 6.07) is 7.83. The third-order valence-electron chi connectivity index (χ3n) is 4.23. The predicted molar refractivity (Wildman–Crippen MR) is 121 cm³/mol. The number of rotatable bonds is 8. The molecule has 1 aliphatic heterocycles. The minimum absolute atomic E-state index is 0. The number of hydrogen-bond donors (Lipinski definition) is 2. The summed E-state index contributed by atoms with van der Waals surface area (Å²) in [4.78, 5) is 18.1. The van der Waals surface area contributed by atoms with Gasteiger partial charge in [0.2, 0.25) is 5.91 Å². The Labute approximate surface area is 178 Å². The molecule has 0 saturated carbocycles. The first kappa shape index (κ1) is 23.7. The zero-order chi connectivity index (χ0) is 19.0. The highest BCUT2D eigenvalue weighted by Gasteiger charge is 2.21. The van der Waals surface area contributed by atoms with Gasteiger partial charge >= 0.3 is 0 Å². The average Bonchev–Trinajstić information content (AvgIpc) is 3.06. The van der Waals surface area contributed by atoms with E-state index in [-0.39, 0.29) is 41.4 Å². The van der Waals surface area contributed by atoms with Gasteiger partial charge in [-0.3, -0.25) is 4.79 Å². The Morgan fingerprint density at radius 2 is 1.89 bits per heavy atom. The van der Waals surface area contributed by atoms with E-state index in [0.29, 0.717) is 32.0 Å². The molecule has 7 nitrogen and oxygen atoms in total. The van der Waals surface area contributed by atoms with E-state index >= 15 is 0 Å². The second-order valence-corrected chi connectivity index (χ2v) is 8.65. The molecular weight excluding hydrogens is 479 g/mol. The normalized spacial score (nSPS) is 14.8. The monoisotopic (exact) mass is 508 g/mol. The van der Waals surface area contributed by atoms with E-state index in [4.69, 9.17) is 0 Å². The number of anilines is 1. The number of sulfone groups is 1. The van der Waals surface area contributed by atoms with Crippen LogP contribution in [0.4, 0.5) is 5.69 Å².